The zero-order chi connectivity index (χ0) is 20.2. The van der Waals surface area contributed by atoms with E-state index in [9.17, 15) is 9.18 Å². The van der Waals surface area contributed by atoms with Crippen LogP contribution in [-0.4, -0.2) is 33.5 Å². The highest BCUT2D eigenvalue weighted by Crippen LogP contribution is 2.25. The molecule has 2 heterocycles. The van der Waals surface area contributed by atoms with Crippen LogP contribution in [0.2, 0.25) is 0 Å². The number of hydrogen-bond acceptors (Lipinski definition) is 5. The highest BCUT2D eigenvalue weighted by Gasteiger charge is 2.18. The first-order chi connectivity index (χ1) is 14.2. The molecule has 0 aliphatic carbocycles. The lowest BCUT2D eigenvalue weighted by molar-refractivity contribution is 0.191. The summed E-state index contributed by atoms with van der Waals surface area (Å²) in [7, 11) is 1.41. The van der Waals surface area contributed by atoms with Crippen molar-refractivity contribution in [2.45, 2.75) is 0 Å². The average molecular weight is 392 g/mol. The van der Waals surface area contributed by atoms with Gasteiger partial charge in [-0.15, -0.1) is 0 Å². The molecule has 2 aromatic heterocycles. The maximum absolute atomic E-state index is 12.9. The third-order valence-electron chi connectivity index (χ3n) is 4.31. The third-order valence-corrected chi connectivity index (χ3v) is 4.31. The molecule has 8 heteroatoms. The van der Waals surface area contributed by atoms with E-state index in [2.05, 4.69) is 10.2 Å². The Balaban J connectivity index is 1.92. The molecule has 0 aliphatic rings. The van der Waals surface area contributed by atoms with Crippen molar-refractivity contribution in [3.8, 4) is 34.3 Å². The molecule has 0 aliphatic heterocycles. The van der Waals surface area contributed by atoms with Gasteiger partial charge in [0.2, 0.25) is 6.86 Å². The molecule has 2 aromatic carbocycles. The molecule has 0 unspecified atom stereocenters. The number of para-hydroxylation sites is 3. The topological polar surface area (TPSA) is 71.2 Å². The Morgan fingerprint density at radius 1 is 1.00 bits per heavy atom. The van der Waals surface area contributed by atoms with Gasteiger partial charge in [0.1, 0.15) is 11.4 Å². The molecule has 146 valence electrons. The zero-order valence-corrected chi connectivity index (χ0v) is 15.5. The Bertz CT molecular complexity index is 1190. The number of ether oxygens (including phenoxy) is 2. The zero-order valence-electron chi connectivity index (χ0n) is 15.5. The Labute approximate surface area is 165 Å². The van der Waals surface area contributed by atoms with E-state index in [-0.39, 0.29) is 22.6 Å². The summed E-state index contributed by atoms with van der Waals surface area (Å²) in [6.45, 7) is -0.984. The van der Waals surface area contributed by atoms with Gasteiger partial charge in [-0.2, -0.15) is 10.2 Å². The van der Waals surface area contributed by atoms with E-state index in [0.717, 1.165) is 5.69 Å². The largest absolute Gasteiger partial charge is 0.491 e. The number of nitrogens with zero attached hydrogens (tertiary/aromatic N) is 4. The molecule has 0 N–H and O–H groups in total. The van der Waals surface area contributed by atoms with Crippen molar-refractivity contribution in [2.75, 3.05) is 14.0 Å². The molecule has 0 amide bonds. The third kappa shape index (κ3) is 3.47. The fourth-order valence-electron chi connectivity index (χ4n) is 2.99. The summed E-state index contributed by atoms with van der Waals surface area (Å²) in [5.41, 5.74) is 1.50. The lowest BCUT2D eigenvalue weighted by Crippen LogP contribution is -2.18. The monoisotopic (exact) mass is 392 g/mol. The predicted octanol–water partition coefficient (Wildman–Crippen LogP) is 3.40. The van der Waals surface area contributed by atoms with Gasteiger partial charge in [-0.25, -0.2) is 13.8 Å². The Hall–Kier alpha value is -3.94. The van der Waals surface area contributed by atoms with Gasteiger partial charge in [0.25, 0.3) is 5.43 Å². The number of alkyl halides is 1. The highest BCUT2D eigenvalue weighted by molar-refractivity contribution is 5.59. The predicted molar refractivity (Wildman–Crippen MR) is 106 cm³/mol. The Kier molecular flexibility index (Phi) is 5.07. The van der Waals surface area contributed by atoms with Gasteiger partial charge in [0, 0.05) is 0 Å². The summed E-state index contributed by atoms with van der Waals surface area (Å²) in [4.78, 5) is 12.9. The van der Waals surface area contributed by atoms with Crippen molar-refractivity contribution < 1.29 is 13.9 Å². The van der Waals surface area contributed by atoms with E-state index >= 15 is 0 Å². The molecule has 29 heavy (non-hydrogen) atoms. The number of benzene rings is 2. The van der Waals surface area contributed by atoms with Crippen molar-refractivity contribution in [1.82, 2.24) is 19.6 Å². The minimum absolute atomic E-state index is 0.0888. The van der Waals surface area contributed by atoms with Gasteiger partial charge >= 0.3 is 0 Å². The molecule has 0 radical (unpaired) electrons. The molecule has 0 saturated carbocycles. The maximum Gasteiger partial charge on any atom is 0.251 e. The number of rotatable bonds is 6. The van der Waals surface area contributed by atoms with Crippen LogP contribution in [-0.2, 0) is 0 Å². The van der Waals surface area contributed by atoms with Crippen LogP contribution in [0.4, 0.5) is 4.39 Å². The summed E-state index contributed by atoms with van der Waals surface area (Å²) in [6, 6.07) is 17.9. The smallest absolute Gasteiger partial charge is 0.251 e. The molecular formula is C21H17FN4O3. The quantitative estimate of drug-likeness (QED) is 0.503. The maximum atomic E-state index is 12.9. The van der Waals surface area contributed by atoms with Crippen molar-refractivity contribution in [2.24, 2.45) is 0 Å². The van der Waals surface area contributed by atoms with Crippen molar-refractivity contribution >= 4 is 0 Å². The summed E-state index contributed by atoms with van der Waals surface area (Å²) < 4.78 is 26.2. The molecule has 0 fully saturated rings. The first-order valence-electron chi connectivity index (χ1n) is 8.79. The molecule has 7 nitrogen and oxygen atoms in total. The van der Waals surface area contributed by atoms with Gasteiger partial charge in [0.05, 0.1) is 30.9 Å². The second-order valence-corrected chi connectivity index (χ2v) is 6.00. The van der Waals surface area contributed by atoms with Gasteiger partial charge < -0.3 is 9.47 Å². The van der Waals surface area contributed by atoms with E-state index in [1.165, 1.54) is 18.0 Å². The van der Waals surface area contributed by atoms with Crippen LogP contribution in [0.1, 0.15) is 0 Å². The van der Waals surface area contributed by atoms with Crippen LogP contribution in [0.5, 0.6) is 11.5 Å². The highest BCUT2D eigenvalue weighted by atomic mass is 19.1. The fourth-order valence-corrected chi connectivity index (χ4v) is 2.99. The Morgan fingerprint density at radius 2 is 1.76 bits per heavy atom. The van der Waals surface area contributed by atoms with Crippen LogP contribution < -0.4 is 14.9 Å². The van der Waals surface area contributed by atoms with E-state index in [1.54, 1.807) is 41.2 Å². The molecule has 4 rings (SSSR count). The second kappa shape index (κ2) is 7.97. The van der Waals surface area contributed by atoms with Gasteiger partial charge in [-0.05, 0) is 30.3 Å². The van der Waals surface area contributed by atoms with Gasteiger partial charge in [-0.3, -0.25) is 4.79 Å². The van der Waals surface area contributed by atoms with E-state index in [4.69, 9.17) is 9.47 Å². The van der Waals surface area contributed by atoms with Crippen molar-refractivity contribution in [3.05, 3.63) is 83.3 Å². The minimum atomic E-state index is -0.984. The summed E-state index contributed by atoms with van der Waals surface area (Å²) in [5.74, 6) is 0.376. The molecule has 4 aromatic rings. The van der Waals surface area contributed by atoms with E-state index in [1.807, 2.05) is 30.3 Å². The van der Waals surface area contributed by atoms with Crippen LogP contribution in [0.3, 0.4) is 0 Å². The number of methoxy groups -OCH3 is 1. The lowest BCUT2D eigenvalue weighted by Gasteiger charge is -2.14. The standard InChI is InChI=1S/C21H17FN4O3/c1-28-19-13-25(16-9-5-6-10-18(16)29-14-22)24-20(21(19)27)17-11-12-23-26(17)15-7-3-2-4-8-15/h2-13H,14H2,1H3. The lowest BCUT2D eigenvalue weighted by atomic mass is 10.2. The van der Waals surface area contributed by atoms with Gasteiger partial charge in [-0.1, -0.05) is 30.3 Å². The molecule has 0 saturated heterocycles. The fraction of sp³-hybridized carbons (Fsp3) is 0.0952. The number of hydrogen-bond donors (Lipinski definition) is 0. The molecule has 0 spiro atoms. The SMILES string of the molecule is COc1cn(-c2ccccc2OCF)nc(-c2ccnn2-c2ccccc2)c1=O. The summed E-state index contributed by atoms with van der Waals surface area (Å²) in [5, 5.41) is 8.81. The second-order valence-electron chi connectivity index (χ2n) is 6.00. The summed E-state index contributed by atoms with van der Waals surface area (Å²) >= 11 is 0. The minimum Gasteiger partial charge on any atom is -0.491 e. The summed E-state index contributed by atoms with van der Waals surface area (Å²) in [6.07, 6.45) is 3.03. The van der Waals surface area contributed by atoms with Crippen LogP contribution in [0, 0.1) is 0 Å². The van der Waals surface area contributed by atoms with Crippen LogP contribution >= 0.6 is 0 Å². The van der Waals surface area contributed by atoms with Crippen LogP contribution in [0.25, 0.3) is 22.8 Å². The van der Waals surface area contributed by atoms with Crippen molar-refractivity contribution in [1.29, 1.82) is 0 Å². The first kappa shape index (κ1) is 18.4. The van der Waals surface area contributed by atoms with E-state index < -0.39 is 6.86 Å². The Morgan fingerprint density at radius 3 is 2.52 bits per heavy atom. The molecule has 0 atom stereocenters. The molecular weight excluding hydrogens is 375 g/mol. The number of aromatic nitrogens is 4. The van der Waals surface area contributed by atoms with E-state index in [0.29, 0.717) is 11.4 Å². The van der Waals surface area contributed by atoms with Crippen LogP contribution in [0.15, 0.2) is 77.9 Å². The average Bonchev–Trinajstić information content (AvgIpc) is 3.25. The van der Waals surface area contributed by atoms with Gasteiger partial charge in [0.15, 0.2) is 11.4 Å². The number of halogens is 1. The normalized spacial score (nSPS) is 10.7. The molecule has 0 bridgehead atoms. The van der Waals surface area contributed by atoms with Crippen molar-refractivity contribution in [3.63, 3.8) is 0 Å². The first-order valence-corrected chi connectivity index (χ1v) is 8.79.